The summed E-state index contributed by atoms with van der Waals surface area (Å²) >= 11 is 0. The Morgan fingerprint density at radius 3 is 2.94 bits per heavy atom. The molecule has 1 rings (SSSR count). The van der Waals surface area contributed by atoms with Crippen LogP contribution in [0.15, 0.2) is 12.4 Å². The smallest absolute Gasteiger partial charge is 0.254 e. The second kappa shape index (κ2) is 6.97. The molecule has 0 spiro atoms. The quantitative estimate of drug-likeness (QED) is 0.608. The lowest BCUT2D eigenvalue weighted by Crippen LogP contribution is -2.32. The zero-order valence-electron chi connectivity index (χ0n) is 9.69. The number of nitrogens with zero attached hydrogens (tertiary/aromatic N) is 2. The monoisotopic (exact) mass is 226 g/mol. The Bertz CT molecular complexity index is 324. The number of carbonyl (C=O) groups is 1. The topological polar surface area (TPSA) is 68.2 Å². The number of ether oxygens (including phenoxy) is 1. The summed E-state index contributed by atoms with van der Waals surface area (Å²) in [5.74, 6) is -0.0957. The van der Waals surface area contributed by atoms with Gasteiger partial charge in [0, 0.05) is 40.0 Å². The van der Waals surface area contributed by atoms with Gasteiger partial charge in [0.2, 0.25) is 0 Å². The fourth-order valence-electron chi connectivity index (χ4n) is 1.20. The van der Waals surface area contributed by atoms with Gasteiger partial charge in [0.1, 0.15) is 0 Å². The number of methoxy groups -OCH3 is 1. The number of nitrogens with one attached hydrogen (secondary N) is 2. The van der Waals surface area contributed by atoms with Gasteiger partial charge in [-0.05, 0) is 0 Å². The minimum Gasteiger partial charge on any atom is -0.383 e. The molecule has 0 unspecified atom stereocenters. The zero-order valence-corrected chi connectivity index (χ0v) is 9.69. The summed E-state index contributed by atoms with van der Waals surface area (Å²) in [6.07, 6.45) is 3.24. The highest BCUT2D eigenvalue weighted by Gasteiger charge is 2.05. The predicted octanol–water partition coefficient (Wildman–Crippen LogP) is -0.614. The summed E-state index contributed by atoms with van der Waals surface area (Å²) < 4.78 is 6.48. The maximum atomic E-state index is 11.5. The highest BCUT2D eigenvalue weighted by Crippen LogP contribution is 1.94. The molecule has 90 valence electrons. The molecule has 6 heteroatoms. The fraction of sp³-hybridized carbons (Fsp3) is 0.600. The van der Waals surface area contributed by atoms with Gasteiger partial charge in [-0.1, -0.05) is 0 Å². The van der Waals surface area contributed by atoms with Gasteiger partial charge in [-0.15, -0.1) is 0 Å². The van der Waals surface area contributed by atoms with E-state index in [-0.39, 0.29) is 5.91 Å². The van der Waals surface area contributed by atoms with Crippen molar-refractivity contribution in [3.8, 4) is 0 Å². The normalized spacial score (nSPS) is 10.4. The Balaban J connectivity index is 2.11. The second-order valence-corrected chi connectivity index (χ2v) is 3.40. The van der Waals surface area contributed by atoms with E-state index in [1.54, 1.807) is 31.2 Å². The number of aryl methyl sites for hydroxylation is 1. The first-order valence-electron chi connectivity index (χ1n) is 5.20. The lowest BCUT2D eigenvalue weighted by molar-refractivity contribution is 0.0953. The van der Waals surface area contributed by atoms with E-state index < -0.39 is 0 Å². The molecule has 0 aliphatic carbocycles. The van der Waals surface area contributed by atoms with Crippen molar-refractivity contribution in [1.29, 1.82) is 0 Å². The molecule has 0 aliphatic rings. The van der Waals surface area contributed by atoms with Crippen LogP contribution in [0.3, 0.4) is 0 Å². The largest absolute Gasteiger partial charge is 0.383 e. The molecule has 2 N–H and O–H groups in total. The zero-order chi connectivity index (χ0) is 11.8. The van der Waals surface area contributed by atoms with Crippen LogP contribution in [0.5, 0.6) is 0 Å². The van der Waals surface area contributed by atoms with Crippen molar-refractivity contribution < 1.29 is 9.53 Å². The van der Waals surface area contributed by atoms with Crippen LogP contribution in [-0.2, 0) is 11.8 Å². The number of amides is 1. The first-order chi connectivity index (χ1) is 7.74. The Hall–Kier alpha value is -1.40. The van der Waals surface area contributed by atoms with Crippen molar-refractivity contribution in [3.63, 3.8) is 0 Å². The number of hydrogen-bond acceptors (Lipinski definition) is 4. The molecule has 0 saturated carbocycles. The predicted molar refractivity (Wildman–Crippen MR) is 60.3 cm³/mol. The fourth-order valence-corrected chi connectivity index (χ4v) is 1.20. The van der Waals surface area contributed by atoms with Gasteiger partial charge in [0.25, 0.3) is 5.91 Å². The number of hydrogen-bond donors (Lipinski definition) is 2. The van der Waals surface area contributed by atoms with Crippen molar-refractivity contribution in [1.82, 2.24) is 20.4 Å². The summed E-state index contributed by atoms with van der Waals surface area (Å²) in [4.78, 5) is 11.5. The van der Waals surface area contributed by atoms with Crippen LogP contribution in [0, 0.1) is 0 Å². The molecule has 0 atom stereocenters. The maximum Gasteiger partial charge on any atom is 0.254 e. The van der Waals surface area contributed by atoms with Crippen LogP contribution in [0.1, 0.15) is 10.4 Å². The third-order valence-corrected chi connectivity index (χ3v) is 2.04. The highest BCUT2D eigenvalue weighted by atomic mass is 16.5. The molecule has 1 heterocycles. The van der Waals surface area contributed by atoms with Crippen LogP contribution in [0.2, 0.25) is 0 Å². The number of carbonyl (C=O) groups excluding carboxylic acids is 1. The van der Waals surface area contributed by atoms with Crippen LogP contribution >= 0.6 is 0 Å². The minimum atomic E-state index is -0.0957. The first-order valence-corrected chi connectivity index (χ1v) is 5.20. The molecule has 1 amide bonds. The van der Waals surface area contributed by atoms with Gasteiger partial charge < -0.3 is 15.4 Å². The summed E-state index contributed by atoms with van der Waals surface area (Å²) in [5, 5.41) is 9.86. The molecule has 0 radical (unpaired) electrons. The Labute approximate surface area is 95.0 Å². The third kappa shape index (κ3) is 4.41. The van der Waals surface area contributed by atoms with E-state index in [1.807, 2.05) is 0 Å². The van der Waals surface area contributed by atoms with E-state index >= 15 is 0 Å². The second-order valence-electron chi connectivity index (χ2n) is 3.40. The third-order valence-electron chi connectivity index (χ3n) is 2.04. The molecule has 0 fully saturated rings. The van der Waals surface area contributed by atoms with E-state index in [0.717, 1.165) is 13.1 Å². The highest BCUT2D eigenvalue weighted by molar-refractivity contribution is 5.93. The van der Waals surface area contributed by atoms with E-state index in [9.17, 15) is 4.79 Å². The van der Waals surface area contributed by atoms with E-state index in [4.69, 9.17) is 4.74 Å². The Kier molecular flexibility index (Phi) is 5.52. The molecule has 1 aromatic rings. The van der Waals surface area contributed by atoms with Gasteiger partial charge in [0.05, 0.1) is 18.4 Å². The van der Waals surface area contributed by atoms with E-state index in [2.05, 4.69) is 15.7 Å². The van der Waals surface area contributed by atoms with Crippen molar-refractivity contribution in [2.24, 2.45) is 7.05 Å². The molecular weight excluding hydrogens is 208 g/mol. The summed E-state index contributed by atoms with van der Waals surface area (Å²) in [7, 11) is 3.44. The summed E-state index contributed by atoms with van der Waals surface area (Å²) in [6, 6.07) is 0. The first kappa shape index (κ1) is 12.7. The molecule has 0 aliphatic heterocycles. The van der Waals surface area contributed by atoms with Crippen LogP contribution < -0.4 is 10.6 Å². The SMILES string of the molecule is COCCNCCNC(=O)c1cnn(C)c1. The van der Waals surface area contributed by atoms with Crippen molar-refractivity contribution >= 4 is 5.91 Å². The van der Waals surface area contributed by atoms with E-state index in [1.165, 1.54) is 0 Å². The Morgan fingerprint density at radius 2 is 2.31 bits per heavy atom. The van der Waals surface area contributed by atoms with Crippen LogP contribution in [-0.4, -0.2) is 49.0 Å². The average Bonchev–Trinajstić information content (AvgIpc) is 2.70. The van der Waals surface area contributed by atoms with Crippen molar-refractivity contribution in [3.05, 3.63) is 18.0 Å². The van der Waals surface area contributed by atoms with Gasteiger partial charge in [-0.25, -0.2) is 0 Å². The molecule has 0 bridgehead atoms. The van der Waals surface area contributed by atoms with Gasteiger partial charge in [0.15, 0.2) is 0 Å². The van der Waals surface area contributed by atoms with Gasteiger partial charge in [-0.3, -0.25) is 9.48 Å². The van der Waals surface area contributed by atoms with Crippen molar-refractivity contribution in [2.45, 2.75) is 0 Å². The molecule has 16 heavy (non-hydrogen) atoms. The van der Waals surface area contributed by atoms with Gasteiger partial charge >= 0.3 is 0 Å². The van der Waals surface area contributed by atoms with Crippen LogP contribution in [0.4, 0.5) is 0 Å². The van der Waals surface area contributed by atoms with Gasteiger partial charge in [-0.2, -0.15) is 5.10 Å². The standard InChI is InChI=1S/C10H18N4O2/c1-14-8-9(7-13-14)10(15)12-4-3-11-5-6-16-2/h7-8,11H,3-6H2,1-2H3,(H,12,15). The maximum absolute atomic E-state index is 11.5. The van der Waals surface area contributed by atoms with E-state index in [0.29, 0.717) is 18.7 Å². The summed E-state index contributed by atoms with van der Waals surface area (Å²) in [5.41, 5.74) is 0.583. The Morgan fingerprint density at radius 1 is 1.50 bits per heavy atom. The van der Waals surface area contributed by atoms with Crippen molar-refractivity contribution in [2.75, 3.05) is 33.4 Å². The lowest BCUT2D eigenvalue weighted by atomic mass is 10.3. The number of aromatic nitrogens is 2. The molecular formula is C10H18N4O2. The lowest BCUT2D eigenvalue weighted by Gasteiger charge is -2.05. The molecule has 6 nitrogen and oxygen atoms in total. The minimum absolute atomic E-state index is 0.0957. The number of rotatable bonds is 7. The molecule has 0 aromatic carbocycles. The summed E-state index contributed by atoms with van der Waals surface area (Å²) in [6.45, 7) is 2.79. The molecule has 0 saturated heterocycles. The molecule has 1 aromatic heterocycles. The van der Waals surface area contributed by atoms with Crippen LogP contribution in [0.25, 0.3) is 0 Å². The average molecular weight is 226 g/mol.